The molecule has 0 spiro atoms. The Morgan fingerprint density at radius 1 is 0.938 bits per heavy atom. The Hall–Kier alpha value is -2.96. The van der Waals surface area contributed by atoms with Gasteiger partial charge in [0, 0.05) is 24.5 Å². The van der Waals surface area contributed by atoms with E-state index in [-0.39, 0.29) is 42.6 Å². The highest BCUT2D eigenvalue weighted by Gasteiger charge is 2.30. The first-order chi connectivity index (χ1) is 15.1. The van der Waals surface area contributed by atoms with Crippen LogP contribution >= 0.6 is 0 Å². The van der Waals surface area contributed by atoms with Crippen molar-refractivity contribution in [1.82, 2.24) is 4.31 Å². The molecule has 12 heteroatoms. The average Bonchev–Trinajstić information content (AvgIpc) is 2.74. The second-order valence-corrected chi connectivity index (χ2v) is 8.83. The molecule has 2 N–H and O–H groups in total. The molecule has 1 aliphatic rings. The van der Waals surface area contributed by atoms with Crippen molar-refractivity contribution in [2.24, 2.45) is 0 Å². The third-order valence-corrected chi connectivity index (χ3v) is 6.42. The van der Waals surface area contributed by atoms with Gasteiger partial charge in [-0.25, -0.2) is 8.42 Å². The molecular formula is C20H20F3N3O5S. The number of halogens is 3. The molecule has 1 saturated heterocycles. The van der Waals surface area contributed by atoms with E-state index in [0.29, 0.717) is 0 Å². The molecule has 1 heterocycles. The monoisotopic (exact) mass is 471 g/mol. The van der Waals surface area contributed by atoms with E-state index in [0.717, 1.165) is 18.2 Å². The standard InChI is InChI=1S/C20H20F3N3O5S/c21-20(22,23)14-3-1-4-15(11-14)24-18(27)13-19(28)25-16-5-2-6-17(12-16)32(29,30)26-7-9-31-10-8-26/h1-6,11-12H,7-10,13H2,(H,24,27)(H,25,28). The number of rotatable bonds is 6. The summed E-state index contributed by atoms with van der Waals surface area (Å²) in [5.41, 5.74) is -0.870. The van der Waals surface area contributed by atoms with Crippen LogP contribution in [0.5, 0.6) is 0 Å². The highest BCUT2D eigenvalue weighted by atomic mass is 32.2. The molecule has 2 amide bonds. The number of anilines is 2. The summed E-state index contributed by atoms with van der Waals surface area (Å²) in [5.74, 6) is -1.57. The Morgan fingerprint density at radius 3 is 2.09 bits per heavy atom. The number of morpholine rings is 1. The van der Waals surface area contributed by atoms with Crippen LogP contribution in [0.15, 0.2) is 53.4 Å². The average molecular weight is 471 g/mol. The van der Waals surface area contributed by atoms with Crippen LogP contribution in [0.2, 0.25) is 0 Å². The van der Waals surface area contributed by atoms with Crippen LogP contribution in [0, 0.1) is 0 Å². The molecule has 2 aromatic rings. The number of hydrogen-bond donors (Lipinski definition) is 2. The van der Waals surface area contributed by atoms with Gasteiger partial charge in [-0.15, -0.1) is 0 Å². The Balaban J connectivity index is 1.62. The van der Waals surface area contributed by atoms with E-state index in [1.165, 1.54) is 34.6 Å². The number of carbonyl (C=O) groups excluding carboxylic acids is 2. The third-order valence-electron chi connectivity index (χ3n) is 4.52. The maximum Gasteiger partial charge on any atom is 0.416 e. The fourth-order valence-corrected chi connectivity index (χ4v) is 4.45. The summed E-state index contributed by atoms with van der Waals surface area (Å²) in [6, 6.07) is 9.60. The summed E-state index contributed by atoms with van der Waals surface area (Å²) in [6.45, 7) is 1.01. The molecule has 0 bridgehead atoms. The van der Waals surface area contributed by atoms with Gasteiger partial charge in [-0.2, -0.15) is 17.5 Å². The number of amides is 2. The van der Waals surface area contributed by atoms with E-state index in [1.54, 1.807) is 0 Å². The highest BCUT2D eigenvalue weighted by molar-refractivity contribution is 7.89. The molecule has 0 radical (unpaired) electrons. The van der Waals surface area contributed by atoms with Crippen LogP contribution in [0.3, 0.4) is 0 Å². The van der Waals surface area contributed by atoms with Crippen molar-refractivity contribution in [3.8, 4) is 0 Å². The SMILES string of the molecule is O=C(CC(=O)Nc1cccc(S(=O)(=O)N2CCOCC2)c1)Nc1cccc(C(F)(F)F)c1. The zero-order valence-corrected chi connectivity index (χ0v) is 17.5. The number of sulfonamides is 1. The predicted molar refractivity (Wildman–Crippen MR) is 109 cm³/mol. The Bertz CT molecular complexity index is 1100. The van der Waals surface area contributed by atoms with Crippen LogP contribution in [-0.4, -0.2) is 50.8 Å². The number of nitrogens with zero attached hydrogens (tertiary/aromatic N) is 1. The van der Waals surface area contributed by atoms with Crippen molar-refractivity contribution >= 4 is 33.2 Å². The van der Waals surface area contributed by atoms with E-state index in [9.17, 15) is 31.2 Å². The molecule has 3 rings (SSSR count). The first-order valence-electron chi connectivity index (χ1n) is 9.50. The van der Waals surface area contributed by atoms with E-state index < -0.39 is 40.0 Å². The van der Waals surface area contributed by atoms with Crippen molar-refractivity contribution in [2.45, 2.75) is 17.5 Å². The summed E-state index contributed by atoms with van der Waals surface area (Å²) >= 11 is 0. The number of ether oxygens (including phenoxy) is 1. The molecule has 32 heavy (non-hydrogen) atoms. The molecule has 2 aromatic carbocycles. The first-order valence-corrected chi connectivity index (χ1v) is 10.9. The van der Waals surface area contributed by atoms with E-state index >= 15 is 0 Å². The largest absolute Gasteiger partial charge is 0.416 e. The molecule has 172 valence electrons. The summed E-state index contributed by atoms with van der Waals surface area (Å²) in [6.07, 6.45) is -5.23. The molecule has 1 fully saturated rings. The van der Waals surface area contributed by atoms with Gasteiger partial charge in [-0.1, -0.05) is 12.1 Å². The highest BCUT2D eigenvalue weighted by Crippen LogP contribution is 2.30. The number of nitrogens with one attached hydrogen (secondary N) is 2. The minimum absolute atomic E-state index is 0.0226. The van der Waals surface area contributed by atoms with E-state index in [1.807, 2.05) is 0 Å². The van der Waals surface area contributed by atoms with Crippen LogP contribution in [-0.2, 0) is 30.5 Å². The first kappa shape index (κ1) is 23.7. The van der Waals surface area contributed by atoms with Gasteiger partial charge < -0.3 is 15.4 Å². The minimum Gasteiger partial charge on any atom is -0.379 e. The fourth-order valence-electron chi connectivity index (χ4n) is 3.00. The number of alkyl halides is 3. The number of carbonyl (C=O) groups is 2. The Morgan fingerprint density at radius 2 is 1.50 bits per heavy atom. The number of hydrogen-bond acceptors (Lipinski definition) is 5. The number of benzene rings is 2. The lowest BCUT2D eigenvalue weighted by Gasteiger charge is -2.26. The van der Waals surface area contributed by atoms with Gasteiger partial charge in [-0.05, 0) is 36.4 Å². The summed E-state index contributed by atoms with van der Waals surface area (Å²) in [4.78, 5) is 24.2. The molecule has 0 atom stereocenters. The summed E-state index contributed by atoms with van der Waals surface area (Å²) < 4.78 is 70.2. The van der Waals surface area contributed by atoms with Gasteiger partial charge in [0.2, 0.25) is 21.8 Å². The summed E-state index contributed by atoms with van der Waals surface area (Å²) in [7, 11) is -3.77. The van der Waals surface area contributed by atoms with Crippen LogP contribution in [0.25, 0.3) is 0 Å². The van der Waals surface area contributed by atoms with E-state index in [4.69, 9.17) is 4.74 Å². The maximum absolute atomic E-state index is 12.8. The van der Waals surface area contributed by atoms with E-state index in [2.05, 4.69) is 10.6 Å². The molecule has 0 aromatic heterocycles. The van der Waals surface area contributed by atoms with Gasteiger partial charge in [0.15, 0.2) is 0 Å². The lowest BCUT2D eigenvalue weighted by atomic mass is 10.2. The van der Waals surface area contributed by atoms with Gasteiger partial charge in [0.1, 0.15) is 6.42 Å². The molecule has 0 aliphatic carbocycles. The zero-order valence-electron chi connectivity index (χ0n) is 16.7. The second kappa shape index (κ2) is 9.67. The molecule has 0 saturated carbocycles. The van der Waals surface area contributed by atoms with Crippen LogP contribution < -0.4 is 10.6 Å². The molecular weight excluding hydrogens is 451 g/mol. The van der Waals surface area contributed by atoms with Crippen molar-refractivity contribution in [1.29, 1.82) is 0 Å². The lowest BCUT2D eigenvalue weighted by molar-refractivity contribution is -0.137. The quantitative estimate of drug-likeness (QED) is 0.631. The Labute approximate surface area is 182 Å². The maximum atomic E-state index is 12.8. The van der Waals surface area contributed by atoms with Crippen molar-refractivity contribution in [2.75, 3.05) is 36.9 Å². The Kier molecular flexibility index (Phi) is 7.16. The second-order valence-electron chi connectivity index (χ2n) is 6.90. The third kappa shape index (κ3) is 6.05. The van der Waals surface area contributed by atoms with Crippen molar-refractivity contribution < 1.29 is 35.9 Å². The van der Waals surface area contributed by atoms with Crippen LogP contribution in [0.1, 0.15) is 12.0 Å². The molecule has 1 aliphatic heterocycles. The zero-order chi connectivity index (χ0) is 23.4. The minimum atomic E-state index is -4.56. The van der Waals surface area contributed by atoms with Gasteiger partial charge >= 0.3 is 6.18 Å². The molecule has 0 unspecified atom stereocenters. The van der Waals surface area contributed by atoms with Crippen LogP contribution in [0.4, 0.5) is 24.5 Å². The fraction of sp³-hybridized carbons (Fsp3) is 0.300. The predicted octanol–water partition coefficient (Wildman–Crippen LogP) is 2.69. The van der Waals surface area contributed by atoms with Gasteiger partial charge in [-0.3, -0.25) is 9.59 Å². The smallest absolute Gasteiger partial charge is 0.379 e. The molecule has 8 nitrogen and oxygen atoms in total. The van der Waals surface area contributed by atoms with Gasteiger partial charge in [0.05, 0.1) is 23.7 Å². The summed E-state index contributed by atoms with van der Waals surface area (Å²) in [5, 5.41) is 4.66. The lowest BCUT2D eigenvalue weighted by Crippen LogP contribution is -2.40. The van der Waals surface area contributed by atoms with Crippen molar-refractivity contribution in [3.63, 3.8) is 0 Å². The topological polar surface area (TPSA) is 105 Å². The van der Waals surface area contributed by atoms with Crippen molar-refractivity contribution in [3.05, 3.63) is 54.1 Å². The van der Waals surface area contributed by atoms with Gasteiger partial charge in [0.25, 0.3) is 0 Å². The normalized spacial score (nSPS) is 15.2.